The highest BCUT2D eigenvalue weighted by molar-refractivity contribution is 5.93. The third-order valence-electron chi connectivity index (χ3n) is 4.10. The highest BCUT2D eigenvalue weighted by Crippen LogP contribution is 2.26. The molecule has 1 fully saturated rings. The lowest BCUT2D eigenvalue weighted by Crippen LogP contribution is -2.32. The quantitative estimate of drug-likeness (QED) is 0.891. The van der Waals surface area contributed by atoms with Gasteiger partial charge in [0.25, 0.3) is 0 Å². The van der Waals surface area contributed by atoms with Gasteiger partial charge >= 0.3 is 0 Å². The first-order valence-corrected chi connectivity index (χ1v) is 7.32. The Labute approximate surface area is 121 Å². The van der Waals surface area contributed by atoms with Crippen molar-refractivity contribution in [2.75, 3.05) is 24.3 Å². The van der Waals surface area contributed by atoms with Crippen LogP contribution in [0.4, 0.5) is 11.4 Å². The minimum Gasteiger partial charge on any atom is -0.377 e. The highest BCUT2D eigenvalue weighted by atomic mass is 16.1. The SMILES string of the molecule is Cc1ccc(NC(=O)C2CCC(N)CC2)cc1N(C)C. The Balaban J connectivity index is 2.02. The summed E-state index contributed by atoms with van der Waals surface area (Å²) < 4.78 is 0. The normalized spacial score (nSPS) is 22.4. The summed E-state index contributed by atoms with van der Waals surface area (Å²) in [6, 6.07) is 6.32. The summed E-state index contributed by atoms with van der Waals surface area (Å²) in [5.41, 5.74) is 9.09. The molecule has 4 heteroatoms. The number of hydrogen-bond donors (Lipinski definition) is 2. The third kappa shape index (κ3) is 3.51. The summed E-state index contributed by atoms with van der Waals surface area (Å²) in [4.78, 5) is 14.3. The molecule has 110 valence electrons. The molecule has 2 rings (SSSR count). The van der Waals surface area contributed by atoms with Gasteiger partial charge in [-0.1, -0.05) is 6.07 Å². The van der Waals surface area contributed by atoms with Gasteiger partial charge in [-0.05, 0) is 50.3 Å². The van der Waals surface area contributed by atoms with Crippen molar-refractivity contribution in [3.8, 4) is 0 Å². The summed E-state index contributed by atoms with van der Waals surface area (Å²) in [5, 5.41) is 3.04. The predicted octanol–water partition coefficient (Wildman–Crippen LogP) is 2.52. The van der Waals surface area contributed by atoms with E-state index in [9.17, 15) is 4.79 Å². The van der Waals surface area contributed by atoms with Crippen molar-refractivity contribution < 1.29 is 4.79 Å². The molecule has 1 aromatic rings. The number of hydrogen-bond acceptors (Lipinski definition) is 3. The minimum absolute atomic E-state index is 0.110. The van der Waals surface area contributed by atoms with Gasteiger partial charge in [-0.15, -0.1) is 0 Å². The topological polar surface area (TPSA) is 58.4 Å². The average molecular weight is 275 g/mol. The second-order valence-corrected chi connectivity index (χ2v) is 6.00. The number of rotatable bonds is 3. The number of nitrogens with one attached hydrogen (secondary N) is 1. The molecule has 1 aliphatic rings. The summed E-state index contributed by atoms with van der Waals surface area (Å²) in [6.45, 7) is 2.07. The molecule has 1 saturated carbocycles. The number of carbonyl (C=O) groups is 1. The number of aryl methyl sites for hydroxylation is 1. The Hall–Kier alpha value is -1.55. The van der Waals surface area contributed by atoms with E-state index >= 15 is 0 Å². The molecule has 20 heavy (non-hydrogen) atoms. The Bertz CT molecular complexity index is 477. The molecule has 0 heterocycles. The zero-order chi connectivity index (χ0) is 14.7. The van der Waals surface area contributed by atoms with Crippen LogP contribution in [0.15, 0.2) is 18.2 Å². The van der Waals surface area contributed by atoms with E-state index in [2.05, 4.69) is 17.1 Å². The van der Waals surface area contributed by atoms with Crippen LogP contribution in [0.25, 0.3) is 0 Å². The van der Waals surface area contributed by atoms with Crippen molar-refractivity contribution in [2.24, 2.45) is 11.7 Å². The van der Waals surface area contributed by atoms with E-state index in [0.717, 1.165) is 37.1 Å². The third-order valence-corrected chi connectivity index (χ3v) is 4.10. The molecule has 0 aromatic heterocycles. The van der Waals surface area contributed by atoms with E-state index in [1.54, 1.807) is 0 Å². The Morgan fingerprint density at radius 1 is 1.25 bits per heavy atom. The van der Waals surface area contributed by atoms with Gasteiger partial charge in [-0.25, -0.2) is 0 Å². The van der Waals surface area contributed by atoms with Crippen molar-refractivity contribution in [3.63, 3.8) is 0 Å². The maximum absolute atomic E-state index is 12.3. The Morgan fingerprint density at radius 3 is 2.50 bits per heavy atom. The number of amides is 1. The summed E-state index contributed by atoms with van der Waals surface area (Å²) in [5.74, 6) is 0.240. The fourth-order valence-electron chi connectivity index (χ4n) is 2.79. The molecule has 4 nitrogen and oxygen atoms in total. The highest BCUT2D eigenvalue weighted by Gasteiger charge is 2.24. The van der Waals surface area contributed by atoms with E-state index < -0.39 is 0 Å². The predicted molar refractivity (Wildman–Crippen MR) is 84.1 cm³/mol. The van der Waals surface area contributed by atoms with Crippen molar-refractivity contribution in [3.05, 3.63) is 23.8 Å². The van der Waals surface area contributed by atoms with Gasteiger partial charge in [0.15, 0.2) is 0 Å². The average Bonchev–Trinajstić information content (AvgIpc) is 2.41. The van der Waals surface area contributed by atoms with Crippen LogP contribution in [0, 0.1) is 12.8 Å². The lowest BCUT2D eigenvalue weighted by molar-refractivity contribution is -0.120. The Kier molecular flexibility index (Phi) is 4.65. The van der Waals surface area contributed by atoms with E-state index in [0.29, 0.717) is 0 Å². The lowest BCUT2D eigenvalue weighted by atomic mass is 9.86. The monoisotopic (exact) mass is 275 g/mol. The number of nitrogens with zero attached hydrogens (tertiary/aromatic N) is 1. The molecule has 3 N–H and O–H groups in total. The smallest absolute Gasteiger partial charge is 0.227 e. The number of nitrogens with two attached hydrogens (primary N) is 1. The van der Waals surface area contributed by atoms with E-state index in [-0.39, 0.29) is 17.9 Å². The first-order valence-electron chi connectivity index (χ1n) is 7.32. The first kappa shape index (κ1) is 14.9. The van der Waals surface area contributed by atoms with Gasteiger partial charge in [0.2, 0.25) is 5.91 Å². The molecule has 0 spiro atoms. The lowest BCUT2D eigenvalue weighted by Gasteiger charge is -2.25. The molecule has 1 aliphatic carbocycles. The summed E-state index contributed by atoms with van der Waals surface area (Å²) in [7, 11) is 4.02. The van der Waals surface area contributed by atoms with Gasteiger partial charge in [-0.2, -0.15) is 0 Å². The van der Waals surface area contributed by atoms with Crippen LogP contribution in [0.5, 0.6) is 0 Å². The van der Waals surface area contributed by atoms with Crippen LogP contribution in [-0.4, -0.2) is 26.0 Å². The van der Waals surface area contributed by atoms with Crippen LogP contribution < -0.4 is 16.0 Å². The van der Waals surface area contributed by atoms with Crippen LogP contribution in [0.2, 0.25) is 0 Å². The second kappa shape index (κ2) is 6.27. The zero-order valence-corrected chi connectivity index (χ0v) is 12.6. The summed E-state index contributed by atoms with van der Waals surface area (Å²) >= 11 is 0. The summed E-state index contributed by atoms with van der Waals surface area (Å²) in [6.07, 6.45) is 3.71. The van der Waals surface area contributed by atoms with Crippen molar-refractivity contribution in [1.82, 2.24) is 0 Å². The standard InChI is InChI=1S/C16H25N3O/c1-11-4-9-14(10-15(11)19(2)3)18-16(20)12-5-7-13(17)8-6-12/h4,9-10,12-13H,5-8,17H2,1-3H3,(H,18,20). The maximum atomic E-state index is 12.3. The van der Waals surface area contributed by atoms with Crippen molar-refractivity contribution in [1.29, 1.82) is 0 Å². The number of benzene rings is 1. The van der Waals surface area contributed by atoms with Gasteiger partial charge < -0.3 is 16.0 Å². The zero-order valence-electron chi connectivity index (χ0n) is 12.6. The fourth-order valence-corrected chi connectivity index (χ4v) is 2.79. The van der Waals surface area contributed by atoms with Gasteiger partial charge in [0.1, 0.15) is 0 Å². The van der Waals surface area contributed by atoms with Crippen LogP contribution in [-0.2, 0) is 4.79 Å². The molecular formula is C16H25N3O. The molecule has 0 atom stereocenters. The molecule has 1 aromatic carbocycles. The van der Waals surface area contributed by atoms with Crippen LogP contribution in [0.1, 0.15) is 31.2 Å². The maximum Gasteiger partial charge on any atom is 0.227 e. The van der Waals surface area contributed by atoms with E-state index in [1.807, 2.05) is 32.3 Å². The van der Waals surface area contributed by atoms with E-state index in [1.165, 1.54) is 5.56 Å². The molecule has 1 amide bonds. The molecule has 0 saturated heterocycles. The largest absolute Gasteiger partial charge is 0.377 e. The van der Waals surface area contributed by atoms with Crippen molar-refractivity contribution >= 4 is 17.3 Å². The molecule has 0 aliphatic heterocycles. The molecule has 0 unspecified atom stereocenters. The molecule has 0 radical (unpaired) electrons. The number of carbonyl (C=O) groups excluding carboxylic acids is 1. The van der Waals surface area contributed by atoms with E-state index in [4.69, 9.17) is 5.73 Å². The number of anilines is 2. The molecular weight excluding hydrogens is 250 g/mol. The van der Waals surface area contributed by atoms with Crippen LogP contribution >= 0.6 is 0 Å². The van der Waals surface area contributed by atoms with Crippen molar-refractivity contribution in [2.45, 2.75) is 38.6 Å². The molecule has 0 bridgehead atoms. The van der Waals surface area contributed by atoms with Crippen LogP contribution in [0.3, 0.4) is 0 Å². The second-order valence-electron chi connectivity index (χ2n) is 6.00. The first-order chi connectivity index (χ1) is 9.47. The minimum atomic E-state index is 0.110. The fraction of sp³-hybridized carbons (Fsp3) is 0.562. The Morgan fingerprint density at radius 2 is 1.90 bits per heavy atom. The van der Waals surface area contributed by atoms with Gasteiger partial charge in [0, 0.05) is 37.4 Å². The van der Waals surface area contributed by atoms with Gasteiger partial charge in [-0.3, -0.25) is 4.79 Å². The van der Waals surface area contributed by atoms with Gasteiger partial charge in [0.05, 0.1) is 0 Å².